The Kier molecular flexibility index (Phi) is 5.76. The number of fused-ring (bicyclic) bond motifs is 1. The van der Waals surface area contributed by atoms with Gasteiger partial charge in [0.25, 0.3) is 11.8 Å². The summed E-state index contributed by atoms with van der Waals surface area (Å²) in [5, 5.41) is 5.62. The lowest BCUT2D eigenvalue weighted by atomic mass is 10.1. The first kappa shape index (κ1) is 19.0. The molecule has 0 saturated heterocycles. The fraction of sp³-hybridized carbons (Fsp3) is 0.182. The number of hydrogen-bond donors (Lipinski definition) is 2. The topological polar surface area (TPSA) is 76.7 Å². The third-order valence-corrected chi connectivity index (χ3v) is 5.52. The van der Waals surface area contributed by atoms with Crippen LogP contribution in [0.5, 0.6) is 11.5 Å². The highest BCUT2D eigenvalue weighted by atomic mass is 32.1. The molecule has 4 rings (SSSR count). The molecular formula is C22H20N2O4S. The van der Waals surface area contributed by atoms with E-state index in [1.165, 1.54) is 11.3 Å². The summed E-state index contributed by atoms with van der Waals surface area (Å²) in [6.45, 7) is 1.81. The Morgan fingerprint density at radius 2 is 1.55 bits per heavy atom. The largest absolute Gasteiger partial charge is 0.486 e. The number of carbonyl (C=O) groups is 2. The van der Waals surface area contributed by atoms with E-state index in [-0.39, 0.29) is 11.8 Å². The molecule has 148 valence electrons. The highest BCUT2D eigenvalue weighted by Crippen LogP contribution is 2.36. The lowest BCUT2D eigenvalue weighted by Crippen LogP contribution is -2.34. The second-order valence-corrected chi connectivity index (χ2v) is 7.48. The molecule has 3 aromatic rings. The smallest absolute Gasteiger partial charge is 0.261 e. The van der Waals surface area contributed by atoms with E-state index in [0.29, 0.717) is 36.7 Å². The predicted octanol–water partition coefficient (Wildman–Crippen LogP) is 3.35. The molecule has 0 fully saturated rings. The van der Waals surface area contributed by atoms with Gasteiger partial charge in [0.2, 0.25) is 0 Å². The zero-order valence-electron chi connectivity index (χ0n) is 15.6. The van der Waals surface area contributed by atoms with Crippen LogP contribution in [0, 0.1) is 0 Å². The molecule has 1 aliphatic heterocycles. The van der Waals surface area contributed by atoms with Gasteiger partial charge in [0.1, 0.15) is 13.2 Å². The van der Waals surface area contributed by atoms with Gasteiger partial charge in [0.15, 0.2) is 11.5 Å². The van der Waals surface area contributed by atoms with E-state index in [0.717, 1.165) is 21.9 Å². The molecule has 29 heavy (non-hydrogen) atoms. The van der Waals surface area contributed by atoms with Gasteiger partial charge in [-0.1, -0.05) is 18.2 Å². The molecule has 0 atom stereocenters. The van der Waals surface area contributed by atoms with Crippen molar-refractivity contribution in [3.8, 4) is 21.9 Å². The van der Waals surface area contributed by atoms with Crippen LogP contribution in [0.4, 0.5) is 0 Å². The fourth-order valence-electron chi connectivity index (χ4n) is 2.94. The molecule has 2 aromatic carbocycles. The van der Waals surface area contributed by atoms with Crippen LogP contribution in [0.2, 0.25) is 0 Å². The van der Waals surface area contributed by atoms with Crippen LogP contribution >= 0.6 is 11.3 Å². The van der Waals surface area contributed by atoms with Crippen molar-refractivity contribution in [3.05, 3.63) is 71.1 Å². The molecule has 6 nitrogen and oxygen atoms in total. The summed E-state index contributed by atoms with van der Waals surface area (Å²) in [5.74, 6) is 1.15. The van der Waals surface area contributed by atoms with Crippen LogP contribution in [0.1, 0.15) is 20.0 Å². The molecule has 1 aromatic heterocycles. The van der Waals surface area contributed by atoms with Crippen LogP contribution in [-0.4, -0.2) is 38.1 Å². The Balaban J connectivity index is 1.30. The zero-order chi connectivity index (χ0) is 20.1. The van der Waals surface area contributed by atoms with E-state index >= 15 is 0 Å². The lowest BCUT2D eigenvalue weighted by molar-refractivity contribution is 0.0929. The van der Waals surface area contributed by atoms with Crippen LogP contribution in [0.3, 0.4) is 0 Å². The van der Waals surface area contributed by atoms with Gasteiger partial charge >= 0.3 is 0 Å². The Hall–Kier alpha value is -3.32. The zero-order valence-corrected chi connectivity index (χ0v) is 16.5. The maximum atomic E-state index is 12.4. The van der Waals surface area contributed by atoms with Gasteiger partial charge in [0.05, 0.1) is 4.88 Å². The second kappa shape index (κ2) is 8.79. The molecule has 0 aliphatic carbocycles. The third kappa shape index (κ3) is 4.57. The summed E-state index contributed by atoms with van der Waals surface area (Å²) in [6.07, 6.45) is 0. The minimum absolute atomic E-state index is 0.156. The number of thiophene rings is 1. The van der Waals surface area contributed by atoms with Crippen molar-refractivity contribution in [2.75, 3.05) is 26.3 Å². The van der Waals surface area contributed by atoms with Crippen molar-refractivity contribution in [2.45, 2.75) is 0 Å². The fourth-order valence-corrected chi connectivity index (χ4v) is 3.86. The average molecular weight is 408 g/mol. The minimum atomic E-state index is -0.159. The number of amides is 2. The van der Waals surface area contributed by atoms with Crippen LogP contribution < -0.4 is 20.1 Å². The van der Waals surface area contributed by atoms with Crippen molar-refractivity contribution in [2.24, 2.45) is 0 Å². The molecule has 2 N–H and O–H groups in total. The molecule has 0 unspecified atom stereocenters. The van der Waals surface area contributed by atoms with Crippen molar-refractivity contribution >= 4 is 23.2 Å². The number of nitrogens with one attached hydrogen (secondary N) is 2. The average Bonchev–Trinajstić information content (AvgIpc) is 3.27. The standard InChI is InChI=1S/C22H20N2O4S/c25-21(15-4-2-1-3-5-15)23-10-11-24-22(26)20-9-8-19(29-20)16-6-7-17-18(14-16)28-13-12-27-17/h1-9,14H,10-13H2,(H,23,25)(H,24,26). The Morgan fingerprint density at radius 3 is 2.34 bits per heavy atom. The van der Waals surface area contributed by atoms with Gasteiger partial charge < -0.3 is 20.1 Å². The van der Waals surface area contributed by atoms with E-state index in [1.807, 2.05) is 42.5 Å². The summed E-state index contributed by atoms with van der Waals surface area (Å²) in [7, 11) is 0. The number of ether oxygens (including phenoxy) is 2. The first-order valence-corrected chi connectivity index (χ1v) is 10.1. The molecule has 0 bridgehead atoms. The highest BCUT2D eigenvalue weighted by Gasteiger charge is 2.15. The lowest BCUT2D eigenvalue weighted by Gasteiger charge is -2.18. The summed E-state index contributed by atoms with van der Waals surface area (Å²) in [6, 6.07) is 18.5. The summed E-state index contributed by atoms with van der Waals surface area (Å²) in [4.78, 5) is 26.0. The van der Waals surface area contributed by atoms with E-state index in [4.69, 9.17) is 9.47 Å². The molecule has 0 spiro atoms. The quantitative estimate of drug-likeness (QED) is 0.614. The molecule has 0 saturated carbocycles. The first-order valence-electron chi connectivity index (χ1n) is 9.32. The van der Waals surface area contributed by atoms with Crippen LogP contribution in [0.15, 0.2) is 60.7 Å². The van der Waals surface area contributed by atoms with Gasteiger partial charge in [-0.05, 0) is 48.0 Å². The first-order chi connectivity index (χ1) is 14.2. The number of hydrogen-bond acceptors (Lipinski definition) is 5. The predicted molar refractivity (Wildman–Crippen MR) is 112 cm³/mol. The van der Waals surface area contributed by atoms with Gasteiger partial charge in [-0.15, -0.1) is 11.3 Å². The number of carbonyl (C=O) groups excluding carboxylic acids is 2. The summed E-state index contributed by atoms with van der Waals surface area (Å²) >= 11 is 1.41. The Bertz CT molecular complexity index is 1020. The maximum Gasteiger partial charge on any atom is 0.261 e. The molecule has 2 heterocycles. The van der Waals surface area contributed by atoms with Crippen molar-refractivity contribution in [3.63, 3.8) is 0 Å². The molecule has 7 heteroatoms. The Morgan fingerprint density at radius 1 is 0.828 bits per heavy atom. The third-order valence-electron chi connectivity index (χ3n) is 4.39. The number of benzene rings is 2. The van der Waals surface area contributed by atoms with Crippen molar-refractivity contribution in [1.29, 1.82) is 0 Å². The maximum absolute atomic E-state index is 12.4. The summed E-state index contributed by atoms with van der Waals surface area (Å²) < 4.78 is 11.2. The summed E-state index contributed by atoms with van der Waals surface area (Å²) in [5.41, 5.74) is 1.58. The second-order valence-electron chi connectivity index (χ2n) is 6.40. The van der Waals surface area contributed by atoms with Gasteiger partial charge in [0, 0.05) is 23.5 Å². The van der Waals surface area contributed by atoms with Crippen LogP contribution in [0.25, 0.3) is 10.4 Å². The monoisotopic (exact) mass is 408 g/mol. The van der Waals surface area contributed by atoms with Gasteiger partial charge in [-0.3, -0.25) is 9.59 Å². The van der Waals surface area contributed by atoms with E-state index in [1.54, 1.807) is 18.2 Å². The van der Waals surface area contributed by atoms with Crippen LogP contribution in [-0.2, 0) is 0 Å². The van der Waals surface area contributed by atoms with Crippen molar-refractivity contribution < 1.29 is 19.1 Å². The van der Waals surface area contributed by atoms with E-state index in [9.17, 15) is 9.59 Å². The molecular weight excluding hydrogens is 388 g/mol. The van der Waals surface area contributed by atoms with E-state index < -0.39 is 0 Å². The van der Waals surface area contributed by atoms with Crippen molar-refractivity contribution in [1.82, 2.24) is 10.6 Å². The molecule has 1 aliphatic rings. The molecule has 2 amide bonds. The van der Waals surface area contributed by atoms with E-state index in [2.05, 4.69) is 10.6 Å². The van der Waals surface area contributed by atoms with Gasteiger partial charge in [-0.2, -0.15) is 0 Å². The minimum Gasteiger partial charge on any atom is -0.486 e. The number of rotatable bonds is 6. The Labute approximate surface area is 172 Å². The highest BCUT2D eigenvalue weighted by molar-refractivity contribution is 7.17. The molecule has 0 radical (unpaired) electrons. The van der Waals surface area contributed by atoms with Gasteiger partial charge in [-0.25, -0.2) is 0 Å². The SMILES string of the molecule is O=C(NCCNC(=O)c1ccc(-c2ccc3c(c2)OCCO3)s1)c1ccccc1. The normalized spacial score (nSPS) is 12.3.